The maximum absolute atomic E-state index is 13.1. The second-order valence-corrected chi connectivity index (χ2v) is 9.64. The number of amides is 1. The summed E-state index contributed by atoms with van der Waals surface area (Å²) in [5.41, 5.74) is 1.84. The Kier molecular flexibility index (Phi) is 6.27. The first-order valence-electron chi connectivity index (χ1n) is 10.6. The van der Waals surface area contributed by atoms with Gasteiger partial charge >= 0.3 is 0 Å². The Morgan fingerprint density at radius 3 is 2.81 bits per heavy atom. The molecule has 3 heterocycles. The fourth-order valence-corrected chi connectivity index (χ4v) is 5.76. The molecule has 0 fully saturated rings. The number of hydrogen-bond donors (Lipinski definition) is 1. The van der Waals surface area contributed by atoms with Gasteiger partial charge in [0.15, 0.2) is 5.09 Å². The molecule has 0 saturated carbocycles. The number of thiophene rings is 1. The molecule has 0 saturated heterocycles. The molecule has 0 spiro atoms. The van der Waals surface area contributed by atoms with E-state index in [-0.39, 0.29) is 5.91 Å². The third-order valence-corrected chi connectivity index (χ3v) is 7.38. The van der Waals surface area contributed by atoms with Crippen molar-refractivity contribution in [2.75, 3.05) is 0 Å². The van der Waals surface area contributed by atoms with Crippen molar-refractivity contribution in [2.45, 2.75) is 42.2 Å². The highest BCUT2D eigenvalue weighted by molar-refractivity contribution is 7.99. The fraction of sp³-hybridized carbons (Fsp3) is 0.200. The van der Waals surface area contributed by atoms with Gasteiger partial charge in [-0.3, -0.25) is 4.79 Å². The van der Waals surface area contributed by atoms with Gasteiger partial charge in [-0.25, -0.2) is 4.99 Å². The Morgan fingerprint density at radius 2 is 1.97 bits per heavy atom. The lowest BCUT2D eigenvalue weighted by Gasteiger charge is -2.12. The second-order valence-electron chi connectivity index (χ2n) is 7.48. The third kappa shape index (κ3) is 4.74. The van der Waals surface area contributed by atoms with Crippen LogP contribution in [0.15, 0.2) is 84.7 Å². The van der Waals surface area contributed by atoms with E-state index in [1.807, 2.05) is 54.6 Å². The van der Waals surface area contributed by atoms with Crippen molar-refractivity contribution in [1.82, 2.24) is 5.32 Å². The van der Waals surface area contributed by atoms with Gasteiger partial charge < -0.3 is 14.2 Å². The molecule has 0 bridgehead atoms. The van der Waals surface area contributed by atoms with E-state index in [0.717, 1.165) is 52.0 Å². The quantitative estimate of drug-likeness (QED) is 0.312. The number of aliphatic imine (C=N–C) groups is 1. The van der Waals surface area contributed by atoms with Gasteiger partial charge in [0.25, 0.3) is 5.91 Å². The average Bonchev–Trinajstić information content (AvgIpc) is 3.56. The summed E-state index contributed by atoms with van der Waals surface area (Å²) >= 11 is 3.18. The zero-order chi connectivity index (χ0) is 21.8. The van der Waals surface area contributed by atoms with Gasteiger partial charge in [-0.05, 0) is 67.6 Å². The molecule has 4 aromatic rings. The van der Waals surface area contributed by atoms with Crippen LogP contribution in [0.3, 0.4) is 0 Å². The van der Waals surface area contributed by atoms with E-state index in [1.165, 1.54) is 4.88 Å². The molecule has 5 rings (SSSR count). The van der Waals surface area contributed by atoms with Crippen molar-refractivity contribution in [3.05, 3.63) is 88.4 Å². The maximum atomic E-state index is 13.1. The van der Waals surface area contributed by atoms with E-state index in [9.17, 15) is 4.79 Å². The van der Waals surface area contributed by atoms with Crippen molar-refractivity contribution < 1.29 is 13.6 Å². The molecule has 0 unspecified atom stereocenters. The molecule has 0 aliphatic heterocycles. The first kappa shape index (κ1) is 20.8. The Bertz CT molecular complexity index is 1220. The lowest BCUT2D eigenvalue weighted by Crippen LogP contribution is -2.23. The number of benzene rings is 1. The third-order valence-electron chi connectivity index (χ3n) is 5.26. The topological polar surface area (TPSA) is 67.7 Å². The minimum atomic E-state index is -0.104. The number of carbonyl (C=O) groups is 1. The molecule has 7 heteroatoms. The summed E-state index contributed by atoms with van der Waals surface area (Å²) in [5, 5.41) is 4.52. The molecule has 162 valence electrons. The number of furan rings is 2. The van der Waals surface area contributed by atoms with Crippen LogP contribution in [0, 0.1) is 0 Å². The normalized spacial score (nSPS) is 13.4. The van der Waals surface area contributed by atoms with Crippen LogP contribution < -0.4 is 5.32 Å². The first-order chi connectivity index (χ1) is 15.8. The molecule has 1 aliphatic rings. The number of fused-ring (bicyclic) bond motifs is 1. The van der Waals surface area contributed by atoms with Gasteiger partial charge in [0.1, 0.15) is 16.5 Å². The highest BCUT2D eigenvalue weighted by Gasteiger charge is 2.25. The Morgan fingerprint density at radius 1 is 1.09 bits per heavy atom. The molecule has 1 aliphatic carbocycles. The summed E-state index contributed by atoms with van der Waals surface area (Å²) in [6.45, 7) is 0.359. The molecule has 1 N–H and O–H groups in total. The van der Waals surface area contributed by atoms with Crippen LogP contribution in [0.25, 0.3) is 0 Å². The second kappa shape index (κ2) is 9.63. The summed E-state index contributed by atoms with van der Waals surface area (Å²) in [6.07, 6.45) is 7.50. The molecule has 0 radical (unpaired) electrons. The number of nitrogens with one attached hydrogen (secondary N) is 1. The van der Waals surface area contributed by atoms with Crippen molar-refractivity contribution >= 4 is 40.2 Å². The highest BCUT2D eigenvalue weighted by Crippen LogP contribution is 2.40. The van der Waals surface area contributed by atoms with Gasteiger partial charge in [-0.2, -0.15) is 0 Å². The van der Waals surface area contributed by atoms with Gasteiger partial charge in [0.2, 0.25) is 0 Å². The van der Waals surface area contributed by atoms with Crippen molar-refractivity contribution in [3.8, 4) is 0 Å². The van der Waals surface area contributed by atoms with Crippen LogP contribution in [0.1, 0.15) is 45.2 Å². The SMILES string of the molecule is O=C(NCc1ccco1)c1c(N=Cc2ccc(Sc3ccccc3)o2)sc2c1CCCC2. The van der Waals surface area contributed by atoms with Gasteiger partial charge in [-0.15, -0.1) is 11.3 Å². The molecule has 32 heavy (non-hydrogen) atoms. The maximum Gasteiger partial charge on any atom is 0.255 e. The van der Waals surface area contributed by atoms with Gasteiger partial charge in [0.05, 0.1) is 24.6 Å². The predicted molar refractivity (Wildman–Crippen MR) is 127 cm³/mol. The lowest BCUT2D eigenvalue weighted by atomic mass is 9.95. The zero-order valence-electron chi connectivity index (χ0n) is 17.4. The van der Waals surface area contributed by atoms with Crippen LogP contribution >= 0.6 is 23.1 Å². The van der Waals surface area contributed by atoms with Crippen molar-refractivity contribution in [1.29, 1.82) is 0 Å². The smallest absolute Gasteiger partial charge is 0.255 e. The molecule has 1 amide bonds. The number of aryl methyl sites for hydroxylation is 1. The molecular formula is C25H22N2O3S2. The van der Waals surface area contributed by atoms with Crippen LogP contribution in [0.5, 0.6) is 0 Å². The average molecular weight is 463 g/mol. The summed E-state index contributed by atoms with van der Waals surface area (Å²) in [6, 6.07) is 17.6. The monoisotopic (exact) mass is 462 g/mol. The summed E-state index contributed by atoms with van der Waals surface area (Å²) in [4.78, 5) is 20.1. The van der Waals surface area contributed by atoms with E-state index in [2.05, 4.69) is 10.3 Å². The minimum absolute atomic E-state index is 0.104. The van der Waals surface area contributed by atoms with Gasteiger partial charge in [-0.1, -0.05) is 30.0 Å². The molecule has 5 nitrogen and oxygen atoms in total. The highest BCUT2D eigenvalue weighted by atomic mass is 32.2. The van der Waals surface area contributed by atoms with E-state index in [4.69, 9.17) is 8.83 Å². The number of nitrogens with zero attached hydrogens (tertiary/aromatic N) is 1. The van der Waals surface area contributed by atoms with Crippen LogP contribution in [-0.4, -0.2) is 12.1 Å². The summed E-state index contributed by atoms with van der Waals surface area (Å²) in [5.74, 6) is 1.29. The Balaban J connectivity index is 1.35. The molecule has 3 aromatic heterocycles. The van der Waals surface area contributed by atoms with Crippen LogP contribution in [0.4, 0.5) is 5.00 Å². The van der Waals surface area contributed by atoms with Gasteiger partial charge in [0, 0.05) is 9.77 Å². The lowest BCUT2D eigenvalue weighted by molar-refractivity contribution is 0.0948. The fourth-order valence-electron chi connectivity index (χ4n) is 3.73. The molecule has 1 aromatic carbocycles. The van der Waals surface area contributed by atoms with Crippen LogP contribution in [-0.2, 0) is 19.4 Å². The first-order valence-corrected chi connectivity index (χ1v) is 12.2. The van der Waals surface area contributed by atoms with Crippen molar-refractivity contribution in [3.63, 3.8) is 0 Å². The number of rotatable bonds is 7. The number of hydrogen-bond acceptors (Lipinski definition) is 6. The predicted octanol–water partition coefficient (Wildman–Crippen LogP) is 6.64. The molecule has 0 atom stereocenters. The standard InChI is InChI=1S/C25H22N2O3S2/c28-24(26-15-17-7-6-14-29-17)23-20-10-4-5-11-21(20)32-25(23)27-16-18-12-13-22(30-18)31-19-8-2-1-3-9-19/h1-3,6-9,12-14,16H,4-5,10-11,15H2,(H,26,28). The number of carbonyl (C=O) groups excluding carboxylic acids is 1. The molecular weight excluding hydrogens is 440 g/mol. The van der Waals surface area contributed by atoms with E-state index in [0.29, 0.717) is 17.9 Å². The van der Waals surface area contributed by atoms with E-state index >= 15 is 0 Å². The minimum Gasteiger partial charge on any atom is -0.467 e. The summed E-state index contributed by atoms with van der Waals surface area (Å²) < 4.78 is 11.3. The van der Waals surface area contributed by atoms with Crippen molar-refractivity contribution in [2.24, 2.45) is 4.99 Å². The van der Waals surface area contributed by atoms with E-state index in [1.54, 1.807) is 35.6 Å². The largest absolute Gasteiger partial charge is 0.467 e. The zero-order valence-corrected chi connectivity index (χ0v) is 19.0. The Labute approximate surface area is 194 Å². The summed E-state index contributed by atoms with van der Waals surface area (Å²) in [7, 11) is 0. The van der Waals surface area contributed by atoms with E-state index < -0.39 is 0 Å². The Hall–Kier alpha value is -3.03. The van der Waals surface area contributed by atoms with Crippen LogP contribution in [0.2, 0.25) is 0 Å².